The molecule has 0 fully saturated rings. The van der Waals surface area contributed by atoms with Crippen molar-refractivity contribution in [3.63, 3.8) is 0 Å². The number of nitrogens with zero attached hydrogens (tertiary/aromatic N) is 2. The Bertz CT molecular complexity index is 361. The van der Waals surface area contributed by atoms with Gasteiger partial charge in [-0.25, -0.2) is 0 Å². The van der Waals surface area contributed by atoms with Crippen molar-refractivity contribution in [2.45, 2.75) is 103 Å². The maximum atomic E-state index is 9.27. The van der Waals surface area contributed by atoms with E-state index in [4.69, 9.17) is 10.2 Å². The molecule has 0 aromatic heterocycles. The van der Waals surface area contributed by atoms with Gasteiger partial charge in [0, 0.05) is 32.7 Å². The third kappa shape index (κ3) is 22.4. The van der Waals surface area contributed by atoms with Crippen LogP contribution < -0.4 is 0 Å². The van der Waals surface area contributed by atoms with E-state index in [1.54, 1.807) is 0 Å². The number of hydrogen-bond acceptors (Lipinski definition) is 5. The molecule has 0 radical (unpaired) electrons. The Labute approximate surface area is 193 Å². The molecule has 5 nitrogen and oxygen atoms in total. The lowest BCUT2D eigenvalue weighted by molar-refractivity contribution is 0.146. The quantitative estimate of drug-likeness (QED) is 0.175. The average Bonchev–Trinajstić information content (AvgIpc) is 2.77. The predicted octanol–water partition coefficient (Wildman–Crippen LogP) is 4.95. The van der Waals surface area contributed by atoms with E-state index in [1.807, 2.05) is 4.90 Å². The molecule has 0 aromatic carbocycles. The number of allylic oxidation sites excluding steroid dienone is 1. The number of unbranched alkanes of at least 4 members (excludes halogenated alkanes) is 14. The lowest BCUT2D eigenvalue weighted by atomic mass is 10.0. The van der Waals surface area contributed by atoms with Crippen LogP contribution in [0.25, 0.3) is 0 Å². The smallest absolute Gasteiger partial charge is 0.0606 e. The Morgan fingerprint density at radius 1 is 0.516 bits per heavy atom. The summed E-state index contributed by atoms with van der Waals surface area (Å²) in [5.74, 6) is 0. The third-order valence-electron chi connectivity index (χ3n) is 5.96. The second-order valence-electron chi connectivity index (χ2n) is 8.82. The summed E-state index contributed by atoms with van der Waals surface area (Å²) in [4.78, 5) is 4.18. The summed E-state index contributed by atoms with van der Waals surface area (Å²) in [5.41, 5.74) is 0. The van der Waals surface area contributed by atoms with Crippen molar-refractivity contribution >= 4 is 0 Å². The molecule has 0 aliphatic rings. The van der Waals surface area contributed by atoms with E-state index in [9.17, 15) is 5.11 Å². The summed E-state index contributed by atoms with van der Waals surface area (Å²) in [6.07, 6.45) is 24.8. The van der Waals surface area contributed by atoms with Crippen molar-refractivity contribution in [1.29, 1.82) is 0 Å². The van der Waals surface area contributed by atoms with Gasteiger partial charge in [-0.05, 0) is 19.0 Å². The number of hydrogen-bond donors (Lipinski definition) is 3. The van der Waals surface area contributed by atoms with Gasteiger partial charge in [0.15, 0.2) is 0 Å². The van der Waals surface area contributed by atoms with Gasteiger partial charge >= 0.3 is 0 Å². The van der Waals surface area contributed by atoms with Crippen LogP contribution in [0.1, 0.15) is 103 Å². The maximum absolute atomic E-state index is 9.27. The second kappa shape index (κ2) is 25.6. The van der Waals surface area contributed by atoms with E-state index in [1.165, 1.54) is 89.9 Å². The fourth-order valence-electron chi connectivity index (χ4n) is 3.96. The van der Waals surface area contributed by atoms with Crippen molar-refractivity contribution in [3.05, 3.63) is 12.3 Å². The molecule has 0 saturated heterocycles. The molecule has 0 aromatic rings. The highest BCUT2D eigenvalue weighted by atomic mass is 16.3. The van der Waals surface area contributed by atoms with Gasteiger partial charge in [-0.15, -0.1) is 0 Å². The van der Waals surface area contributed by atoms with E-state index in [-0.39, 0.29) is 19.8 Å². The van der Waals surface area contributed by atoms with E-state index in [0.717, 1.165) is 19.5 Å². The van der Waals surface area contributed by atoms with Gasteiger partial charge in [0.25, 0.3) is 0 Å². The molecule has 3 N–H and O–H groups in total. The number of rotatable bonds is 25. The van der Waals surface area contributed by atoms with Crippen molar-refractivity contribution in [2.75, 3.05) is 52.5 Å². The zero-order chi connectivity index (χ0) is 22.8. The van der Waals surface area contributed by atoms with E-state index < -0.39 is 0 Å². The van der Waals surface area contributed by atoms with Crippen LogP contribution >= 0.6 is 0 Å². The molecule has 0 unspecified atom stereocenters. The first-order chi connectivity index (χ1) is 15.3. The molecule has 5 heteroatoms. The molecule has 0 bridgehead atoms. The molecule has 0 aliphatic heterocycles. The van der Waals surface area contributed by atoms with Crippen molar-refractivity contribution in [1.82, 2.24) is 9.80 Å². The van der Waals surface area contributed by atoms with E-state index in [2.05, 4.69) is 24.1 Å². The van der Waals surface area contributed by atoms with Gasteiger partial charge in [0.05, 0.1) is 19.8 Å². The Morgan fingerprint density at radius 2 is 0.968 bits per heavy atom. The molecular weight excluding hydrogens is 388 g/mol. The molecule has 0 rings (SSSR count). The van der Waals surface area contributed by atoms with Gasteiger partial charge in [-0.3, -0.25) is 4.90 Å². The second-order valence-corrected chi connectivity index (χ2v) is 8.82. The standard InChI is InChI=1S/C26H54N2O3/c1-2-3-4-5-6-7-8-9-10-11-12-13-14-15-16-17-18-27(21-24-29)19-20-28(22-25-30)23-26-31/h17-18,29-31H,2-16,19-26H2,1H3. The maximum Gasteiger partial charge on any atom is 0.0606 e. The van der Waals surface area contributed by atoms with Crippen LogP contribution in [0.2, 0.25) is 0 Å². The van der Waals surface area contributed by atoms with E-state index in [0.29, 0.717) is 19.6 Å². The highest BCUT2D eigenvalue weighted by molar-refractivity contribution is 4.83. The van der Waals surface area contributed by atoms with Crippen molar-refractivity contribution < 1.29 is 15.3 Å². The van der Waals surface area contributed by atoms with Gasteiger partial charge in [0.2, 0.25) is 0 Å². The normalized spacial score (nSPS) is 11.8. The predicted molar refractivity (Wildman–Crippen MR) is 133 cm³/mol. The molecule has 186 valence electrons. The monoisotopic (exact) mass is 442 g/mol. The average molecular weight is 443 g/mol. The summed E-state index contributed by atoms with van der Waals surface area (Å²) in [7, 11) is 0. The minimum Gasteiger partial charge on any atom is -0.395 e. The Kier molecular flexibility index (Phi) is 25.1. The molecule has 0 spiro atoms. The molecule has 31 heavy (non-hydrogen) atoms. The van der Waals surface area contributed by atoms with Crippen LogP contribution in [0.5, 0.6) is 0 Å². The van der Waals surface area contributed by atoms with Crippen LogP contribution in [-0.2, 0) is 0 Å². The van der Waals surface area contributed by atoms with Gasteiger partial charge < -0.3 is 20.2 Å². The number of aliphatic hydroxyl groups is 3. The first kappa shape index (κ1) is 30.4. The van der Waals surface area contributed by atoms with Gasteiger partial charge in [-0.2, -0.15) is 0 Å². The molecule has 0 amide bonds. The Morgan fingerprint density at radius 3 is 1.42 bits per heavy atom. The fraction of sp³-hybridized carbons (Fsp3) is 0.923. The molecule has 0 aliphatic carbocycles. The summed E-state index contributed by atoms with van der Waals surface area (Å²) in [5, 5.41) is 27.5. The zero-order valence-corrected chi connectivity index (χ0v) is 20.7. The van der Waals surface area contributed by atoms with Crippen LogP contribution in [0.3, 0.4) is 0 Å². The van der Waals surface area contributed by atoms with E-state index >= 15 is 0 Å². The lowest BCUT2D eigenvalue weighted by Crippen LogP contribution is -2.37. The third-order valence-corrected chi connectivity index (χ3v) is 5.96. The summed E-state index contributed by atoms with van der Waals surface area (Å²) in [6.45, 7) is 6.00. The molecule has 0 atom stereocenters. The van der Waals surface area contributed by atoms with Gasteiger partial charge in [0.1, 0.15) is 0 Å². The van der Waals surface area contributed by atoms with Crippen molar-refractivity contribution in [3.8, 4) is 0 Å². The minimum atomic E-state index is 0.106. The number of aliphatic hydroxyl groups excluding tert-OH is 3. The summed E-state index contributed by atoms with van der Waals surface area (Å²) < 4.78 is 0. The SMILES string of the molecule is CCCCCCCCCCCCCCCCC=CN(CCO)CCN(CCO)CCO. The summed E-state index contributed by atoms with van der Waals surface area (Å²) >= 11 is 0. The molecule has 0 saturated carbocycles. The summed E-state index contributed by atoms with van der Waals surface area (Å²) in [6, 6.07) is 0. The van der Waals surface area contributed by atoms with Gasteiger partial charge in [-0.1, -0.05) is 96.5 Å². The van der Waals surface area contributed by atoms with Crippen LogP contribution in [0, 0.1) is 0 Å². The first-order valence-corrected chi connectivity index (χ1v) is 13.2. The fourth-order valence-corrected chi connectivity index (χ4v) is 3.96. The Balaban J connectivity index is 3.60. The first-order valence-electron chi connectivity index (χ1n) is 13.2. The lowest BCUT2D eigenvalue weighted by Gasteiger charge is -2.25. The largest absolute Gasteiger partial charge is 0.395 e. The molecular formula is C26H54N2O3. The van der Waals surface area contributed by atoms with Crippen LogP contribution in [-0.4, -0.2) is 77.7 Å². The highest BCUT2D eigenvalue weighted by Crippen LogP contribution is 2.13. The topological polar surface area (TPSA) is 67.2 Å². The zero-order valence-electron chi connectivity index (χ0n) is 20.7. The Hall–Kier alpha value is -0.620. The van der Waals surface area contributed by atoms with Crippen molar-refractivity contribution in [2.24, 2.45) is 0 Å². The minimum absolute atomic E-state index is 0.106. The highest BCUT2D eigenvalue weighted by Gasteiger charge is 2.05. The molecule has 0 heterocycles. The van der Waals surface area contributed by atoms with Crippen LogP contribution in [0.15, 0.2) is 12.3 Å². The van der Waals surface area contributed by atoms with Crippen LogP contribution in [0.4, 0.5) is 0 Å².